The molecule has 1 saturated heterocycles. The molecule has 3 aromatic rings. The highest BCUT2D eigenvalue weighted by molar-refractivity contribution is 7.88. The molecule has 7 heteroatoms. The maximum absolute atomic E-state index is 11.8. The number of piperidine rings is 1. The Morgan fingerprint density at radius 2 is 1.93 bits per heavy atom. The summed E-state index contributed by atoms with van der Waals surface area (Å²) in [6.07, 6.45) is 6.52. The van der Waals surface area contributed by atoms with E-state index in [1.807, 2.05) is 24.4 Å². The van der Waals surface area contributed by atoms with Crippen molar-refractivity contribution in [3.8, 4) is 11.1 Å². The van der Waals surface area contributed by atoms with Crippen LogP contribution in [-0.4, -0.2) is 43.1 Å². The first kappa shape index (κ1) is 19.8. The molecule has 1 aliphatic heterocycles. The van der Waals surface area contributed by atoms with Gasteiger partial charge in [-0.05, 0) is 59.2 Å². The van der Waals surface area contributed by atoms with Gasteiger partial charge < -0.3 is 11.1 Å². The number of aromatic nitrogens is 1. The topological polar surface area (TPSA) is 88.3 Å². The first-order valence-electron chi connectivity index (χ1n) is 9.83. The van der Waals surface area contributed by atoms with E-state index in [9.17, 15) is 8.42 Å². The Morgan fingerprint density at radius 1 is 1.14 bits per heavy atom. The molecule has 0 saturated carbocycles. The molecule has 152 valence electrons. The summed E-state index contributed by atoms with van der Waals surface area (Å²) in [5, 5.41) is 5.83. The van der Waals surface area contributed by atoms with E-state index in [0.29, 0.717) is 19.6 Å². The fourth-order valence-electron chi connectivity index (χ4n) is 3.91. The fourth-order valence-corrected chi connectivity index (χ4v) is 4.79. The third-order valence-electron chi connectivity index (χ3n) is 5.53. The molecule has 2 aromatic carbocycles. The van der Waals surface area contributed by atoms with E-state index >= 15 is 0 Å². The summed E-state index contributed by atoms with van der Waals surface area (Å²) in [4.78, 5) is 4.30. The van der Waals surface area contributed by atoms with Crippen LogP contribution in [0.3, 0.4) is 0 Å². The predicted octanol–water partition coefficient (Wildman–Crippen LogP) is 3.20. The molecule has 0 amide bonds. The van der Waals surface area contributed by atoms with Crippen LogP contribution < -0.4 is 11.1 Å². The molecule has 2 heterocycles. The van der Waals surface area contributed by atoms with Gasteiger partial charge in [0, 0.05) is 49.1 Å². The summed E-state index contributed by atoms with van der Waals surface area (Å²) >= 11 is 0. The Balaban J connectivity index is 1.65. The Hall–Kier alpha value is -2.48. The van der Waals surface area contributed by atoms with Gasteiger partial charge in [-0.25, -0.2) is 12.7 Å². The van der Waals surface area contributed by atoms with Crippen molar-refractivity contribution in [3.63, 3.8) is 0 Å². The van der Waals surface area contributed by atoms with Crippen LogP contribution in [0.1, 0.15) is 18.4 Å². The number of benzene rings is 2. The van der Waals surface area contributed by atoms with Crippen molar-refractivity contribution in [1.82, 2.24) is 9.29 Å². The largest absolute Gasteiger partial charge is 0.382 e. The van der Waals surface area contributed by atoms with Gasteiger partial charge in [0.05, 0.1) is 6.26 Å². The second-order valence-corrected chi connectivity index (χ2v) is 9.59. The van der Waals surface area contributed by atoms with Crippen molar-refractivity contribution >= 4 is 26.5 Å². The number of nitrogens with two attached hydrogens (primary N) is 1. The smallest absolute Gasteiger partial charge is 0.211 e. The summed E-state index contributed by atoms with van der Waals surface area (Å²) in [6, 6.07) is 14.8. The van der Waals surface area contributed by atoms with E-state index in [2.05, 4.69) is 34.6 Å². The molecule has 3 N–H and O–H groups in total. The van der Waals surface area contributed by atoms with E-state index in [4.69, 9.17) is 5.73 Å². The lowest BCUT2D eigenvalue weighted by atomic mass is 9.98. The van der Waals surface area contributed by atoms with Crippen LogP contribution >= 0.6 is 0 Å². The van der Waals surface area contributed by atoms with Crippen molar-refractivity contribution < 1.29 is 8.42 Å². The summed E-state index contributed by atoms with van der Waals surface area (Å²) in [6.45, 7) is 1.60. The molecule has 1 aliphatic rings. The van der Waals surface area contributed by atoms with Crippen LogP contribution in [0.15, 0.2) is 54.9 Å². The van der Waals surface area contributed by atoms with Gasteiger partial charge in [-0.3, -0.25) is 4.98 Å². The Labute approximate surface area is 171 Å². The van der Waals surface area contributed by atoms with Gasteiger partial charge in [-0.15, -0.1) is 0 Å². The average molecular weight is 411 g/mol. The van der Waals surface area contributed by atoms with Crippen molar-refractivity contribution in [3.05, 3.63) is 60.4 Å². The summed E-state index contributed by atoms with van der Waals surface area (Å²) in [5.41, 5.74) is 10.2. The summed E-state index contributed by atoms with van der Waals surface area (Å²) < 4.78 is 25.1. The van der Waals surface area contributed by atoms with Crippen molar-refractivity contribution in [2.75, 3.05) is 24.7 Å². The Morgan fingerprint density at radius 3 is 2.66 bits per heavy atom. The molecule has 1 fully saturated rings. The highest BCUT2D eigenvalue weighted by atomic mass is 32.2. The quantitative estimate of drug-likeness (QED) is 0.674. The number of fused-ring (bicyclic) bond motifs is 1. The average Bonchev–Trinajstić information content (AvgIpc) is 2.73. The fraction of sp³-hybridized carbons (Fsp3) is 0.318. The van der Waals surface area contributed by atoms with Crippen LogP contribution in [0.4, 0.5) is 5.69 Å². The van der Waals surface area contributed by atoms with Gasteiger partial charge in [0.15, 0.2) is 0 Å². The number of hydrogen-bond acceptors (Lipinski definition) is 5. The minimum absolute atomic E-state index is 0.224. The third-order valence-corrected chi connectivity index (χ3v) is 6.84. The minimum Gasteiger partial charge on any atom is -0.382 e. The van der Waals surface area contributed by atoms with Gasteiger partial charge in [-0.2, -0.15) is 0 Å². The van der Waals surface area contributed by atoms with E-state index < -0.39 is 10.0 Å². The lowest BCUT2D eigenvalue weighted by molar-refractivity contribution is 0.332. The molecular formula is C22H26N4O2S. The Kier molecular flexibility index (Phi) is 5.54. The predicted molar refractivity (Wildman–Crippen MR) is 118 cm³/mol. The maximum Gasteiger partial charge on any atom is 0.211 e. The molecule has 0 unspecified atom stereocenters. The zero-order valence-corrected chi connectivity index (χ0v) is 17.3. The van der Waals surface area contributed by atoms with E-state index in [-0.39, 0.29) is 6.04 Å². The molecule has 6 nitrogen and oxygen atoms in total. The second kappa shape index (κ2) is 8.10. The maximum atomic E-state index is 11.8. The van der Waals surface area contributed by atoms with Crippen molar-refractivity contribution in [2.24, 2.45) is 5.73 Å². The first-order chi connectivity index (χ1) is 13.9. The first-order valence-corrected chi connectivity index (χ1v) is 11.7. The lowest BCUT2D eigenvalue weighted by Crippen LogP contribution is -2.41. The molecular weight excluding hydrogens is 384 g/mol. The highest BCUT2D eigenvalue weighted by Gasteiger charge is 2.25. The standard InChI is InChI=1S/C22H26N4O2S/c1-29(27,28)26-9-6-20(7-10-26)25-22-13-19(12-18-5-8-24-15-21(18)22)17-4-2-3-16(11-17)14-23/h2-5,8,11-13,15,20,25H,6-7,9-10,14,23H2,1H3. The van der Waals surface area contributed by atoms with Crippen LogP contribution in [0.2, 0.25) is 0 Å². The minimum atomic E-state index is -3.12. The van der Waals surface area contributed by atoms with Crippen molar-refractivity contribution in [1.29, 1.82) is 0 Å². The monoisotopic (exact) mass is 410 g/mol. The van der Waals surface area contributed by atoms with Crippen LogP contribution in [0.25, 0.3) is 21.9 Å². The third kappa shape index (κ3) is 4.42. The van der Waals surface area contributed by atoms with Crippen LogP contribution in [-0.2, 0) is 16.6 Å². The molecule has 0 spiro atoms. The van der Waals surface area contributed by atoms with E-state index in [1.54, 1.807) is 10.5 Å². The number of nitrogens with one attached hydrogen (secondary N) is 1. The van der Waals surface area contributed by atoms with Gasteiger partial charge in [-0.1, -0.05) is 18.2 Å². The number of pyridine rings is 1. The zero-order valence-electron chi connectivity index (χ0n) is 16.5. The number of hydrogen-bond donors (Lipinski definition) is 2. The molecule has 0 bridgehead atoms. The normalized spacial score (nSPS) is 16.2. The second-order valence-electron chi connectivity index (χ2n) is 7.61. The van der Waals surface area contributed by atoms with E-state index in [1.165, 1.54) is 6.26 Å². The molecule has 4 rings (SSSR count). The molecule has 29 heavy (non-hydrogen) atoms. The Bertz CT molecular complexity index is 1120. The number of rotatable bonds is 5. The number of anilines is 1. The van der Waals surface area contributed by atoms with Crippen LogP contribution in [0, 0.1) is 0 Å². The molecule has 0 aliphatic carbocycles. The van der Waals surface area contributed by atoms with E-state index in [0.717, 1.165) is 46.0 Å². The van der Waals surface area contributed by atoms with Gasteiger partial charge in [0.2, 0.25) is 10.0 Å². The summed E-state index contributed by atoms with van der Waals surface area (Å²) in [5.74, 6) is 0. The molecule has 0 radical (unpaired) electrons. The van der Waals surface area contributed by atoms with Gasteiger partial charge >= 0.3 is 0 Å². The lowest BCUT2D eigenvalue weighted by Gasteiger charge is -2.31. The highest BCUT2D eigenvalue weighted by Crippen LogP contribution is 2.32. The SMILES string of the molecule is CS(=O)(=O)N1CCC(Nc2cc(-c3cccc(CN)c3)cc3ccncc23)CC1. The molecule has 0 atom stereocenters. The number of sulfonamides is 1. The van der Waals surface area contributed by atoms with Gasteiger partial charge in [0.1, 0.15) is 0 Å². The van der Waals surface area contributed by atoms with Crippen LogP contribution in [0.5, 0.6) is 0 Å². The number of nitrogens with zero attached hydrogens (tertiary/aromatic N) is 2. The zero-order chi connectivity index (χ0) is 20.4. The summed E-state index contributed by atoms with van der Waals surface area (Å²) in [7, 11) is -3.12. The van der Waals surface area contributed by atoms with Crippen molar-refractivity contribution in [2.45, 2.75) is 25.4 Å². The molecule has 1 aromatic heterocycles. The van der Waals surface area contributed by atoms with Gasteiger partial charge in [0.25, 0.3) is 0 Å².